The molecular formula is C22H20FN3S2. The average molecular weight is 410 g/mol. The highest BCUT2D eigenvalue weighted by Gasteiger charge is 2.19. The monoisotopic (exact) mass is 409 g/mol. The summed E-state index contributed by atoms with van der Waals surface area (Å²) in [5.41, 5.74) is 5.83. The van der Waals surface area contributed by atoms with Crippen molar-refractivity contribution < 1.29 is 4.39 Å². The van der Waals surface area contributed by atoms with Crippen molar-refractivity contribution >= 4 is 23.1 Å². The van der Waals surface area contributed by atoms with Gasteiger partial charge in [0.2, 0.25) is 0 Å². The molecule has 0 aliphatic carbocycles. The minimum Gasteiger partial charge on any atom is -0.305 e. The van der Waals surface area contributed by atoms with E-state index in [2.05, 4.69) is 53.7 Å². The van der Waals surface area contributed by atoms with Crippen LogP contribution in [-0.2, 0) is 12.8 Å². The number of halogens is 1. The third-order valence-electron chi connectivity index (χ3n) is 4.67. The maximum absolute atomic E-state index is 13.1. The van der Waals surface area contributed by atoms with Gasteiger partial charge in [0.15, 0.2) is 11.0 Å². The Hall–Kier alpha value is -2.44. The second kappa shape index (κ2) is 7.89. The molecule has 6 heteroatoms. The second-order valence-corrected chi connectivity index (χ2v) is 8.75. The molecular weight excluding hydrogens is 389 g/mol. The summed E-state index contributed by atoms with van der Waals surface area (Å²) in [4.78, 5) is 1.27. The first-order valence-corrected chi connectivity index (χ1v) is 10.8. The standard InChI is InChI=1S/C22H20FN3S2/c1-14-4-8-17(9-5-14)20-15(2)27-13-19(20)21-24-25-22(26(21)3)28-12-16-6-10-18(23)11-7-16/h4-11,13H,12H2,1-3H3. The lowest BCUT2D eigenvalue weighted by Crippen LogP contribution is -1.96. The molecule has 28 heavy (non-hydrogen) atoms. The summed E-state index contributed by atoms with van der Waals surface area (Å²) >= 11 is 3.33. The Morgan fingerprint density at radius 1 is 1.00 bits per heavy atom. The van der Waals surface area contributed by atoms with Gasteiger partial charge in [0, 0.05) is 34.2 Å². The van der Waals surface area contributed by atoms with Gasteiger partial charge in [0.25, 0.3) is 0 Å². The van der Waals surface area contributed by atoms with Crippen molar-refractivity contribution in [2.24, 2.45) is 7.05 Å². The van der Waals surface area contributed by atoms with E-state index in [1.165, 1.54) is 33.7 Å². The lowest BCUT2D eigenvalue weighted by atomic mass is 10.0. The van der Waals surface area contributed by atoms with Crippen LogP contribution in [0.4, 0.5) is 4.39 Å². The van der Waals surface area contributed by atoms with Crippen LogP contribution >= 0.6 is 23.1 Å². The predicted octanol–water partition coefficient (Wildman–Crippen LogP) is 6.26. The summed E-state index contributed by atoms with van der Waals surface area (Å²) in [6.07, 6.45) is 0. The van der Waals surface area contributed by atoms with Gasteiger partial charge in [-0.25, -0.2) is 4.39 Å². The molecule has 142 valence electrons. The molecule has 0 radical (unpaired) electrons. The minimum absolute atomic E-state index is 0.217. The molecule has 2 aromatic heterocycles. The summed E-state index contributed by atoms with van der Waals surface area (Å²) in [6.45, 7) is 4.24. The SMILES string of the molecule is Cc1ccc(-c2c(-c3nnc(SCc4ccc(F)cc4)n3C)csc2C)cc1. The second-order valence-electron chi connectivity index (χ2n) is 6.73. The average Bonchev–Trinajstić information content (AvgIpc) is 3.24. The van der Waals surface area contributed by atoms with E-state index < -0.39 is 0 Å². The van der Waals surface area contributed by atoms with Crippen LogP contribution in [0.2, 0.25) is 0 Å². The molecule has 0 unspecified atom stereocenters. The lowest BCUT2D eigenvalue weighted by molar-refractivity contribution is 0.627. The highest BCUT2D eigenvalue weighted by atomic mass is 32.2. The quantitative estimate of drug-likeness (QED) is 0.365. The van der Waals surface area contributed by atoms with E-state index in [1.54, 1.807) is 35.2 Å². The number of hydrogen-bond acceptors (Lipinski definition) is 4. The molecule has 4 rings (SSSR count). The van der Waals surface area contributed by atoms with Crippen LogP contribution in [0.3, 0.4) is 0 Å². The Bertz CT molecular complexity index is 1100. The van der Waals surface area contributed by atoms with Crippen molar-refractivity contribution in [2.75, 3.05) is 0 Å². The largest absolute Gasteiger partial charge is 0.305 e. The zero-order valence-corrected chi connectivity index (χ0v) is 17.6. The van der Waals surface area contributed by atoms with Crippen molar-refractivity contribution in [3.63, 3.8) is 0 Å². The van der Waals surface area contributed by atoms with Crippen molar-refractivity contribution in [3.05, 3.63) is 75.7 Å². The fourth-order valence-corrected chi connectivity index (χ4v) is 4.83. The molecule has 0 saturated heterocycles. The molecule has 4 aromatic rings. The van der Waals surface area contributed by atoms with Gasteiger partial charge in [-0.05, 0) is 37.1 Å². The molecule has 0 aliphatic heterocycles. The fourth-order valence-electron chi connectivity index (χ4n) is 3.10. The Morgan fingerprint density at radius 3 is 2.43 bits per heavy atom. The highest BCUT2D eigenvalue weighted by molar-refractivity contribution is 7.98. The van der Waals surface area contributed by atoms with Crippen LogP contribution < -0.4 is 0 Å². The molecule has 2 aromatic carbocycles. The number of benzene rings is 2. The summed E-state index contributed by atoms with van der Waals surface area (Å²) in [6, 6.07) is 15.2. The van der Waals surface area contributed by atoms with Crippen LogP contribution in [0.5, 0.6) is 0 Å². The van der Waals surface area contributed by atoms with Crippen molar-refractivity contribution in [1.29, 1.82) is 0 Å². The van der Waals surface area contributed by atoms with E-state index in [0.717, 1.165) is 27.9 Å². The summed E-state index contributed by atoms with van der Waals surface area (Å²) in [5.74, 6) is 1.37. The van der Waals surface area contributed by atoms with E-state index in [-0.39, 0.29) is 5.82 Å². The maximum Gasteiger partial charge on any atom is 0.191 e. The van der Waals surface area contributed by atoms with E-state index in [1.807, 2.05) is 11.6 Å². The van der Waals surface area contributed by atoms with Gasteiger partial charge in [0.05, 0.1) is 0 Å². The van der Waals surface area contributed by atoms with Crippen LogP contribution in [0.1, 0.15) is 16.0 Å². The topological polar surface area (TPSA) is 30.7 Å². The van der Waals surface area contributed by atoms with E-state index >= 15 is 0 Å². The van der Waals surface area contributed by atoms with Crippen LogP contribution in [-0.4, -0.2) is 14.8 Å². The third-order valence-corrected chi connectivity index (χ3v) is 6.67. The van der Waals surface area contributed by atoms with Gasteiger partial charge in [-0.15, -0.1) is 21.5 Å². The number of aryl methyl sites for hydroxylation is 2. The molecule has 0 amide bonds. The zero-order valence-electron chi connectivity index (χ0n) is 15.9. The van der Waals surface area contributed by atoms with E-state index in [0.29, 0.717) is 0 Å². The molecule has 0 bridgehead atoms. The van der Waals surface area contributed by atoms with Gasteiger partial charge in [-0.2, -0.15) is 0 Å². The van der Waals surface area contributed by atoms with Gasteiger partial charge in [-0.1, -0.05) is 53.7 Å². The number of aromatic nitrogens is 3. The predicted molar refractivity (Wildman–Crippen MR) is 115 cm³/mol. The van der Waals surface area contributed by atoms with Crippen LogP contribution in [0, 0.1) is 19.7 Å². The number of hydrogen-bond donors (Lipinski definition) is 0. The smallest absolute Gasteiger partial charge is 0.191 e. The van der Waals surface area contributed by atoms with Crippen LogP contribution in [0.15, 0.2) is 59.1 Å². The van der Waals surface area contributed by atoms with Gasteiger partial charge in [-0.3, -0.25) is 0 Å². The zero-order chi connectivity index (χ0) is 19.7. The summed E-state index contributed by atoms with van der Waals surface area (Å²) in [7, 11) is 1.99. The van der Waals surface area contributed by atoms with Gasteiger partial charge < -0.3 is 4.57 Å². The van der Waals surface area contributed by atoms with Gasteiger partial charge in [0.1, 0.15) is 5.82 Å². The number of nitrogens with zero attached hydrogens (tertiary/aromatic N) is 3. The molecule has 0 spiro atoms. The number of thiophene rings is 1. The summed E-state index contributed by atoms with van der Waals surface area (Å²) < 4.78 is 15.1. The third kappa shape index (κ3) is 3.75. The first-order chi connectivity index (χ1) is 13.5. The van der Waals surface area contributed by atoms with Crippen molar-refractivity contribution in [2.45, 2.75) is 24.8 Å². The minimum atomic E-state index is -0.217. The van der Waals surface area contributed by atoms with Gasteiger partial charge >= 0.3 is 0 Å². The van der Waals surface area contributed by atoms with Crippen molar-refractivity contribution in [1.82, 2.24) is 14.8 Å². The Kier molecular flexibility index (Phi) is 5.33. The number of thioether (sulfide) groups is 1. The fraction of sp³-hybridized carbons (Fsp3) is 0.182. The van der Waals surface area contributed by atoms with E-state index in [9.17, 15) is 4.39 Å². The Labute approximate surface area is 172 Å². The normalized spacial score (nSPS) is 11.1. The molecule has 0 N–H and O–H groups in total. The lowest BCUT2D eigenvalue weighted by Gasteiger charge is -2.08. The molecule has 0 saturated carbocycles. The van der Waals surface area contributed by atoms with Crippen molar-refractivity contribution in [3.8, 4) is 22.5 Å². The molecule has 3 nitrogen and oxygen atoms in total. The summed E-state index contributed by atoms with van der Waals surface area (Å²) in [5, 5.41) is 11.9. The first kappa shape index (κ1) is 18.9. The maximum atomic E-state index is 13.1. The first-order valence-electron chi connectivity index (χ1n) is 8.95. The Balaban J connectivity index is 1.63. The number of rotatable bonds is 5. The Morgan fingerprint density at radius 2 is 1.71 bits per heavy atom. The molecule has 0 aliphatic rings. The highest BCUT2D eigenvalue weighted by Crippen LogP contribution is 2.39. The van der Waals surface area contributed by atoms with E-state index in [4.69, 9.17) is 0 Å². The molecule has 0 atom stereocenters. The molecule has 2 heterocycles. The molecule has 0 fully saturated rings. The van der Waals surface area contributed by atoms with Crippen LogP contribution in [0.25, 0.3) is 22.5 Å².